The van der Waals surface area contributed by atoms with Gasteiger partial charge in [0.2, 0.25) is 0 Å². The standard InChI is InChI=1S/C18H15N3O3/c1-23-13-7-3-5-10-12(9-19-15(10)13)17-18(21-22)11-6-4-8-14(24-2)16(11)20-17/h3-9,19-20H,1-2H3. The van der Waals surface area contributed by atoms with Gasteiger partial charge in [-0.2, -0.15) is 0 Å². The van der Waals surface area contributed by atoms with Crippen molar-refractivity contribution in [3.63, 3.8) is 0 Å². The summed E-state index contributed by atoms with van der Waals surface area (Å²) in [5.74, 6) is 1.41. The molecule has 0 saturated heterocycles. The number of ether oxygens (including phenoxy) is 2. The number of hydrogen-bond donors (Lipinski definition) is 2. The van der Waals surface area contributed by atoms with Crippen molar-refractivity contribution in [1.82, 2.24) is 9.97 Å². The maximum Gasteiger partial charge on any atom is 0.143 e. The number of fused-ring (bicyclic) bond motifs is 2. The second kappa shape index (κ2) is 5.42. The zero-order chi connectivity index (χ0) is 16.7. The first-order valence-corrected chi connectivity index (χ1v) is 7.45. The van der Waals surface area contributed by atoms with E-state index < -0.39 is 0 Å². The van der Waals surface area contributed by atoms with Gasteiger partial charge in [0.15, 0.2) is 0 Å². The van der Waals surface area contributed by atoms with E-state index in [-0.39, 0.29) is 0 Å². The van der Waals surface area contributed by atoms with Crippen LogP contribution in [0.2, 0.25) is 0 Å². The van der Waals surface area contributed by atoms with Gasteiger partial charge in [0, 0.05) is 22.5 Å². The number of para-hydroxylation sites is 2. The van der Waals surface area contributed by atoms with Gasteiger partial charge in [-0.25, -0.2) is 0 Å². The molecule has 2 N–H and O–H groups in total. The Kier molecular flexibility index (Phi) is 3.23. The fraction of sp³-hybridized carbons (Fsp3) is 0.111. The molecule has 120 valence electrons. The first kappa shape index (κ1) is 14.3. The molecule has 0 fully saturated rings. The van der Waals surface area contributed by atoms with Gasteiger partial charge in [0.25, 0.3) is 0 Å². The second-order valence-corrected chi connectivity index (χ2v) is 5.41. The van der Waals surface area contributed by atoms with E-state index in [2.05, 4.69) is 15.1 Å². The molecule has 4 aromatic rings. The van der Waals surface area contributed by atoms with Crippen molar-refractivity contribution in [2.24, 2.45) is 5.18 Å². The molecule has 6 nitrogen and oxygen atoms in total. The minimum Gasteiger partial charge on any atom is -0.495 e. The van der Waals surface area contributed by atoms with Crippen LogP contribution < -0.4 is 9.47 Å². The van der Waals surface area contributed by atoms with Crippen molar-refractivity contribution < 1.29 is 9.47 Å². The molecule has 2 aromatic heterocycles. The summed E-state index contributed by atoms with van der Waals surface area (Å²) in [7, 11) is 3.22. The maximum atomic E-state index is 11.5. The van der Waals surface area contributed by atoms with Crippen LogP contribution in [0.4, 0.5) is 5.69 Å². The van der Waals surface area contributed by atoms with Crippen molar-refractivity contribution in [1.29, 1.82) is 0 Å². The summed E-state index contributed by atoms with van der Waals surface area (Å²) in [6, 6.07) is 11.3. The van der Waals surface area contributed by atoms with E-state index in [1.165, 1.54) is 0 Å². The highest BCUT2D eigenvalue weighted by Gasteiger charge is 2.19. The van der Waals surface area contributed by atoms with E-state index >= 15 is 0 Å². The van der Waals surface area contributed by atoms with Crippen molar-refractivity contribution >= 4 is 27.5 Å². The number of nitrogens with zero attached hydrogens (tertiary/aromatic N) is 1. The Morgan fingerprint density at radius 3 is 2.25 bits per heavy atom. The lowest BCUT2D eigenvalue weighted by Crippen LogP contribution is -1.84. The lowest BCUT2D eigenvalue weighted by molar-refractivity contribution is 0.419. The maximum absolute atomic E-state index is 11.5. The summed E-state index contributed by atoms with van der Waals surface area (Å²) in [6.07, 6.45) is 1.85. The average Bonchev–Trinajstić information content (AvgIpc) is 3.21. The fourth-order valence-electron chi connectivity index (χ4n) is 3.14. The summed E-state index contributed by atoms with van der Waals surface area (Å²) in [6.45, 7) is 0. The van der Waals surface area contributed by atoms with Crippen LogP contribution in [0.3, 0.4) is 0 Å². The monoisotopic (exact) mass is 321 g/mol. The van der Waals surface area contributed by atoms with Gasteiger partial charge >= 0.3 is 0 Å². The highest BCUT2D eigenvalue weighted by molar-refractivity contribution is 6.07. The number of benzene rings is 2. The number of aromatic nitrogens is 2. The van der Waals surface area contributed by atoms with Gasteiger partial charge < -0.3 is 19.4 Å². The van der Waals surface area contributed by atoms with E-state index in [0.29, 0.717) is 17.1 Å². The number of nitrogens with one attached hydrogen (secondary N) is 2. The number of hydrogen-bond acceptors (Lipinski definition) is 4. The summed E-state index contributed by atoms with van der Waals surface area (Å²) in [5.41, 5.74) is 3.51. The number of H-pyrrole nitrogens is 2. The van der Waals surface area contributed by atoms with Gasteiger partial charge in [-0.3, -0.25) is 0 Å². The molecule has 0 spiro atoms. The van der Waals surface area contributed by atoms with Crippen LogP contribution in [0, 0.1) is 4.91 Å². The molecule has 4 rings (SSSR count). The molecule has 0 saturated carbocycles. The third kappa shape index (κ3) is 1.89. The van der Waals surface area contributed by atoms with E-state index in [9.17, 15) is 4.91 Å². The molecule has 24 heavy (non-hydrogen) atoms. The Morgan fingerprint density at radius 1 is 0.917 bits per heavy atom. The third-order valence-corrected chi connectivity index (χ3v) is 4.25. The first-order valence-electron chi connectivity index (χ1n) is 7.45. The fourth-order valence-corrected chi connectivity index (χ4v) is 3.14. The van der Waals surface area contributed by atoms with Crippen LogP contribution in [-0.2, 0) is 0 Å². The van der Waals surface area contributed by atoms with Crippen LogP contribution in [0.5, 0.6) is 11.5 Å². The molecule has 0 unspecified atom stereocenters. The minimum absolute atomic E-state index is 0.368. The molecular weight excluding hydrogens is 306 g/mol. The zero-order valence-electron chi connectivity index (χ0n) is 13.2. The number of aromatic amines is 2. The lowest BCUT2D eigenvalue weighted by Gasteiger charge is -2.02. The predicted molar refractivity (Wildman–Crippen MR) is 94.2 cm³/mol. The molecule has 0 aliphatic heterocycles. The summed E-state index contributed by atoms with van der Waals surface area (Å²) >= 11 is 0. The summed E-state index contributed by atoms with van der Waals surface area (Å²) in [4.78, 5) is 18.0. The van der Waals surface area contributed by atoms with Crippen molar-refractivity contribution in [3.05, 3.63) is 47.5 Å². The van der Waals surface area contributed by atoms with E-state index in [0.717, 1.165) is 33.1 Å². The molecule has 0 amide bonds. The highest BCUT2D eigenvalue weighted by Crippen LogP contribution is 2.43. The van der Waals surface area contributed by atoms with Crippen molar-refractivity contribution in [2.45, 2.75) is 0 Å². The molecule has 0 bridgehead atoms. The molecule has 2 heterocycles. The second-order valence-electron chi connectivity index (χ2n) is 5.41. The summed E-state index contributed by atoms with van der Waals surface area (Å²) in [5, 5.41) is 4.94. The smallest absolute Gasteiger partial charge is 0.143 e. The molecular formula is C18H15N3O3. The van der Waals surface area contributed by atoms with Crippen LogP contribution in [0.25, 0.3) is 33.1 Å². The van der Waals surface area contributed by atoms with Gasteiger partial charge in [0.1, 0.15) is 17.2 Å². The molecule has 0 atom stereocenters. The minimum atomic E-state index is 0.368. The van der Waals surface area contributed by atoms with Gasteiger partial charge in [-0.05, 0) is 17.3 Å². The molecule has 6 heteroatoms. The number of rotatable bonds is 4. The van der Waals surface area contributed by atoms with Gasteiger partial charge in [0.05, 0.1) is 30.9 Å². The van der Waals surface area contributed by atoms with Gasteiger partial charge in [-0.1, -0.05) is 24.3 Å². The van der Waals surface area contributed by atoms with E-state index in [1.54, 1.807) is 14.2 Å². The van der Waals surface area contributed by atoms with E-state index in [4.69, 9.17) is 9.47 Å². The Balaban J connectivity index is 2.05. The molecule has 2 aromatic carbocycles. The Morgan fingerprint density at radius 2 is 1.58 bits per heavy atom. The quantitative estimate of drug-likeness (QED) is 0.533. The Hall–Kier alpha value is -3.28. The van der Waals surface area contributed by atoms with Crippen LogP contribution in [0.1, 0.15) is 0 Å². The van der Waals surface area contributed by atoms with E-state index in [1.807, 2.05) is 42.6 Å². The lowest BCUT2D eigenvalue weighted by atomic mass is 10.1. The van der Waals surface area contributed by atoms with Gasteiger partial charge in [-0.15, -0.1) is 4.91 Å². The average molecular weight is 321 g/mol. The highest BCUT2D eigenvalue weighted by atomic mass is 16.5. The van der Waals surface area contributed by atoms with Crippen molar-refractivity contribution in [3.8, 4) is 22.8 Å². The predicted octanol–water partition coefficient (Wildman–Crippen LogP) is 4.73. The Labute approximate surface area is 137 Å². The third-order valence-electron chi connectivity index (χ3n) is 4.25. The normalized spacial score (nSPS) is 11.1. The first-order chi connectivity index (χ1) is 11.8. The largest absolute Gasteiger partial charge is 0.495 e. The van der Waals surface area contributed by atoms with Crippen LogP contribution in [-0.4, -0.2) is 24.2 Å². The Bertz CT molecular complexity index is 1060. The topological polar surface area (TPSA) is 79.5 Å². The molecule has 0 aliphatic carbocycles. The molecule has 0 radical (unpaired) electrons. The number of nitroso groups, excluding NO2 is 1. The van der Waals surface area contributed by atoms with Crippen molar-refractivity contribution in [2.75, 3.05) is 14.2 Å². The SMILES string of the molecule is COc1cccc2c(-c3[nH]c4c(OC)cccc4c3N=O)c[nH]c12. The number of methoxy groups -OCH3 is 2. The molecule has 0 aliphatic rings. The van der Waals surface area contributed by atoms with Crippen LogP contribution >= 0.6 is 0 Å². The zero-order valence-corrected chi connectivity index (χ0v) is 13.2. The van der Waals surface area contributed by atoms with Crippen LogP contribution in [0.15, 0.2) is 47.8 Å². The summed E-state index contributed by atoms with van der Waals surface area (Å²) < 4.78 is 10.8.